The molecule has 0 aliphatic carbocycles. The fraction of sp³-hybridized carbons (Fsp3) is 0.286. The summed E-state index contributed by atoms with van der Waals surface area (Å²) in [5, 5.41) is 0. The summed E-state index contributed by atoms with van der Waals surface area (Å²) in [7, 11) is 2.07. The van der Waals surface area contributed by atoms with Gasteiger partial charge in [0.05, 0.1) is 5.69 Å². The zero-order valence-electron chi connectivity index (χ0n) is 10.8. The normalized spacial score (nSPS) is 10.8. The summed E-state index contributed by atoms with van der Waals surface area (Å²) in [5.41, 5.74) is 8.96. The van der Waals surface area contributed by atoms with Crippen LogP contribution in [-0.4, -0.2) is 21.9 Å². The summed E-state index contributed by atoms with van der Waals surface area (Å²) in [6.45, 7) is 3.67. The second kappa shape index (κ2) is 5.60. The second-order valence-electron chi connectivity index (χ2n) is 4.53. The van der Waals surface area contributed by atoms with Crippen LogP contribution in [0.3, 0.4) is 0 Å². The summed E-state index contributed by atoms with van der Waals surface area (Å²) in [4.78, 5) is 10.7. The molecule has 0 aliphatic heterocycles. The Hall–Kier alpha value is -1.94. The molecule has 4 nitrogen and oxygen atoms in total. The van der Waals surface area contributed by atoms with E-state index in [1.807, 2.05) is 37.3 Å². The maximum Gasteiger partial charge on any atom is 0.123 e. The van der Waals surface area contributed by atoms with Crippen LogP contribution < -0.4 is 5.73 Å². The van der Waals surface area contributed by atoms with Crippen LogP contribution in [0.25, 0.3) is 0 Å². The van der Waals surface area contributed by atoms with E-state index in [2.05, 4.69) is 21.9 Å². The number of rotatable bonds is 4. The Kier molecular flexibility index (Phi) is 3.89. The molecule has 0 spiro atoms. The Morgan fingerprint density at radius 3 is 2.78 bits per heavy atom. The molecule has 0 atom stereocenters. The molecular weight excluding hydrogens is 224 g/mol. The molecular formula is C14H18N4. The minimum atomic E-state index is 0.564. The van der Waals surface area contributed by atoms with Gasteiger partial charge in [-0.2, -0.15) is 0 Å². The van der Waals surface area contributed by atoms with Gasteiger partial charge in [0.25, 0.3) is 0 Å². The Morgan fingerprint density at radius 2 is 2.06 bits per heavy atom. The van der Waals surface area contributed by atoms with E-state index in [1.54, 1.807) is 6.20 Å². The van der Waals surface area contributed by atoms with Gasteiger partial charge in [-0.15, -0.1) is 0 Å². The third-order valence-corrected chi connectivity index (χ3v) is 2.68. The lowest BCUT2D eigenvalue weighted by molar-refractivity contribution is 0.315. The fourth-order valence-electron chi connectivity index (χ4n) is 1.92. The largest absolute Gasteiger partial charge is 0.384 e. The van der Waals surface area contributed by atoms with Crippen molar-refractivity contribution in [1.82, 2.24) is 14.9 Å². The molecule has 0 saturated carbocycles. The van der Waals surface area contributed by atoms with Gasteiger partial charge in [-0.05, 0) is 43.8 Å². The summed E-state index contributed by atoms with van der Waals surface area (Å²) < 4.78 is 0. The molecule has 2 aromatic rings. The average molecular weight is 242 g/mol. The number of hydrogen-bond donors (Lipinski definition) is 1. The van der Waals surface area contributed by atoms with Gasteiger partial charge in [0.15, 0.2) is 0 Å². The van der Waals surface area contributed by atoms with Crippen LogP contribution in [0.15, 0.2) is 36.5 Å². The lowest BCUT2D eigenvalue weighted by atomic mass is 10.2. The predicted molar refractivity (Wildman–Crippen MR) is 72.8 cm³/mol. The van der Waals surface area contributed by atoms with Gasteiger partial charge >= 0.3 is 0 Å². The standard InChI is InChI=1S/C14H18N4/c1-11-4-3-5-13(17-11)10-18(2)9-12-6-7-16-14(15)8-12/h3-8H,9-10H2,1-2H3,(H2,15,16). The highest BCUT2D eigenvalue weighted by Gasteiger charge is 2.03. The molecule has 4 heteroatoms. The van der Waals surface area contributed by atoms with Crippen LogP contribution in [-0.2, 0) is 13.1 Å². The minimum absolute atomic E-state index is 0.564. The van der Waals surface area contributed by atoms with Crippen molar-refractivity contribution in [2.24, 2.45) is 0 Å². The molecule has 0 unspecified atom stereocenters. The van der Waals surface area contributed by atoms with E-state index >= 15 is 0 Å². The summed E-state index contributed by atoms with van der Waals surface area (Å²) in [5.74, 6) is 0.564. The smallest absolute Gasteiger partial charge is 0.123 e. The van der Waals surface area contributed by atoms with Crippen molar-refractivity contribution in [3.8, 4) is 0 Å². The highest BCUT2D eigenvalue weighted by molar-refractivity contribution is 5.31. The first-order chi connectivity index (χ1) is 8.63. The van der Waals surface area contributed by atoms with Crippen LogP contribution in [0.1, 0.15) is 17.0 Å². The van der Waals surface area contributed by atoms with E-state index in [9.17, 15) is 0 Å². The van der Waals surface area contributed by atoms with Crippen LogP contribution in [0, 0.1) is 6.92 Å². The highest BCUT2D eigenvalue weighted by atomic mass is 15.1. The van der Waals surface area contributed by atoms with E-state index in [-0.39, 0.29) is 0 Å². The number of anilines is 1. The number of nitrogen functional groups attached to an aromatic ring is 1. The van der Waals surface area contributed by atoms with Crippen molar-refractivity contribution < 1.29 is 0 Å². The highest BCUT2D eigenvalue weighted by Crippen LogP contribution is 2.08. The molecule has 0 fully saturated rings. The van der Waals surface area contributed by atoms with Gasteiger partial charge in [-0.25, -0.2) is 4.98 Å². The Morgan fingerprint density at radius 1 is 1.22 bits per heavy atom. The number of nitrogens with two attached hydrogens (primary N) is 1. The zero-order valence-corrected chi connectivity index (χ0v) is 10.8. The fourth-order valence-corrected chi connectivity index (χ4v) is 1.92. The maximum absolute atomic E-state index is 5.66. The molecule has 0 aromatic carbocycles. The van der Waals surface area contributed by atoms with Crippen LogP contribution in [0.2, 0.25) is 0 Å². The Balaban J connectivity index is 1.98. The van der Waals surface area contributed by atoms with Crippen molar-refractivity contribution in [2.75, 3.05) is 12.8 Å². The van der Waals surface area contributed by atoms with Crippen molar-refractivity contribution in [2.45, 2.75) is 20.0 Å². The lowest BCUT2D eigenvalue weighted by Crippen LogP contribution is -2.18. The molecule has 0 bridgehead atoms. The van der Waals surface area contributed by atoms with Gasteiger partial charge in [0, 0.05) is 25.0 Å². The van der Waals surface area contributed by atoms with Gasteiger partial charge in [-0.1, -0.05) is 6.07 Å². The Bertz CT molecular complexity index is 477. The predicted octanol–water partition coefficient (Wildman–Crippen LogP) is 2.00. The Labute approximate surface area is 107 Å². The molecule has 2 N–H and O–H groups in total. The molecule has 0 amide bonds. The first kappa shape index (κ1) is 12.5. The average Bonchev–Trinajstić information content (AvgIpc) is 2.28. The molecule has 2 rings (SSSR count). The van der Waals surface area contributed by atoms with Gasteiger partial charge < -0.3 is 5.73 Å². The van der Waals surface area contributed by atoms with Gasteiger partial charge in [0.2, 0.25) is 0 Å². The SMILES string of the molecule is Cc1cccc(CN(C)Cc2ccnc(N)c2)n1. The lowest BCUT2D eigenvalue weighted by Gasteiger charge is -2.16. The van der Waals surface area contributed by atoms with Crippen molar-refractivity contribution >= 4 is 5.82 Å². The summed E-state index contributed by atoms with van der Waals surface area (Å²) in [6.07, 6.45) is 1.74. The molecule has 0 aliphatic rings. The molecule has 2 heterocycles. The van der Waals surface area contributed by atoms with Crippen molar-refractivity contribution in [3.63, 3.8) is 0 Å². The number of nitrogens with zero attached hydrogens (tertiary/aromatic N) is 3. The number of aromatic nitrogens is 2. The molecule has 18 heavy (non-hydrogen) atoms. The molecule has 94 valence electrons. The zero-order chi connectivity index (χ0) is 13.0. The van der Waals surface area contributed by atoms with E-state index in [0.717, 1.165) is 30.0 Å². The quantitative estimate of drug-likeness (QED) is 0.891. The van der Waals surface area contributed by atoms with Crippen LogP contribution >= 0.6 is 0 Å². The van der Waals surface area contributed by atoms with E-state index in [4.69, 9.17) is 5.73 Å². The maximum atomic E-state index is 5.66. The van der Waals surface area contributed by atoms with Crippen molar-refractivity contribution in [3.05, 3.63) is 53.5 Å². The topological polar surface area (TPSA) is 55.0 Å². The monoisotopic (exact) mass is 242 g/mol. The van der Waals surface area contributed by atoms with E-state index < -0.39 is 0 Å². The minimum Gasteiger partial charge on any atom is -0.384 e. The van der Waals surface area contributed by atoms with Gasteiger partial charge in [0.1, 0.15) is 5.82 Å². The summed E-state index contributed by atoms with van der Waals surface area (Å²) in [6, 6.07) is 9.98. The first-order valence-corrected chi connectivity index (χ1v) is 5.95. The molecule has 0 saturated heterocycles. The third-order valence-electron chi connectivity index (χ3n) is 2.68. The number of aryl methyl sites for hydroxylation is 1. The van der Waals surface area contributed by atoms with Crippen LogP contribution in [0.5, 0.6) is 0 Å². The third kappa shape index (κ3) is 3.53. The van der Waals surface area contributed by atoms with E-state index in [0.29, 0.717) is 5.82 Å². The van der Waals surface area contributed by atoms with Gasteiger partial charge in [-0.3, -0.25) is 9.88 Å². The van der Waals surface area contributed by atoms with Crippen LogP contribution in [0.4, 0.5) is 5.82 Å². The van der Waals surface area contributed by atoms with E-state index in [1.165, 1.54) is 0 Å². The summed E-state index contributed by atoms with van der Waals surface area (Å²) >= 11 is 0. The van der Waals surface area contributed by atoms with Crippen molar-refractivity contribution in [1.29, 1.82) is 0 Å². The second-order valence-corrected chi connectivity index (χ2v) is 4.53. The molecule has 0 radical (unpaired) electrons. The molecule has 2 aromatic heterocycles. The first-order valence-electron chi connectivity index (χ1n) is 5.95. The number of pyridine rings is 2. The number of hydrogen-bond acceptors (Lipinski definition) is 4.